The number of hydrogen-bond donors (Lipinski definition) is 3. The molecule has 0 spiro atoms. The quantitative estimate of drug-likeness (QED) is 0.304. The van der Waals surface area contributed by atoms with Gasteiger partial charge in [-0.05, 0) is 13.0 Å². The first kappa shape index (κ1) is 11.3. The van der Waals surface area contributed by atoms with E-state index in [-0.39, 0.29) is 16.6 Å². The van der Waals surface area contributed by atoms with Gasteiger partial charge in [-0.3, -0.25) is 10.4 Å². The number of rotatable bonds is 4. The smallest absolute Gasteiger partial charge is 0.218 e. The highest BCUT2D eigenvalue weighted by Gasteiger charge is 2.11. The van der Waals surface area contributed by atoms with Crippen molar-refractivity contribution in [3.63, 3.8) is 0 Å². The highest BCUT2D eigenvalue weighted by atomic mass is 16.8. The van der Waals surface area contributed by atoms with Crippen molar-refractivity contribution in [3.8, 4) is 0 Å². The van der Waals surface area contributed by atoms with Crippen molar-refractivity contribution in [2.45, 2.75) is 6.92 Å². The van der Waals surface area contributed by atoms with E-state index in [2.05, 4.69) is 12.0 Å². The SMILES string of the molecule is C=[N+]([O-])c1ccc(NCC)c(N(O)O)c1. The molecule has 0 radical (unpaired) electrons. The minimum atomic E-state index is -0.0367. The van der Waals surface area contributed by atoms with Crippen molar-refractivity contribution in [2.75, 3.05) is 17.1 Å². The summed E-state index contributed by atoms with van der Waals surface area (Å²) in [7, 11) is 0. The van der Waals surface area contributed by atoms with E-state index in [9.17, 15) is 5.21 Å². The maximum absolute atomic E-state index is 10.9. The molecule has 1 aromatic carbocycles. The minimum Gasteiger partial charge on any atom is -0.619 e. The summed E-state index contributed by atoms with van der Waals surface area (Å²) in [6.45, 7) is 5.66. The van der Waals surface area contributed by atoms with Gasteiger partial charge in [0.15, 0.2) is 0 Å². The lowest BCUT2D eigenvalue weighted by molar-refractivity contribution is -0.349. The lowest BCUT2D eigenvalue weighted by Gasteiger charge is -2.14. The summed E-state index contributed by atoms with van der Waals surface area (Å²) in [5.74, 6) is 0. The van der Waals surface area contributed by atoms with Gasteiger partial charge in [0.05, 0.1) is 5.69 Å². The van der Waals surface area contributed by atoms with Crippen LogP contribution >= 0.6 is 0 Å². The minimum absolute atomic E-state index is 0.0367. The Labute approximate surface area is 87.2 Å². The van der Waals surface area contributed by atoms with Crippen LogP contribution in [-0.4, -0.2) is 28.4 Å². The van der Waals surface area contributed by atoms with Gasteiger partial charge in [0.2, 0.25) is 5.69 Å². The van der Waals surface area contributed by atoms with E-state index in [1.54, 1.807) is 6.07 Å². The largest absolute Gasteiger partial charge is 0.619 e. The van der Waals surface area contributed by atoms with Crippen molar-refractivity contribution < 1.29 is 15.2 Å². The molecule has 3 N–H and O–H groups in total. The fraction of sp³-hybridized carbons (Fsp3) is 0.222. The van der Waals surface area contributed by atoms with Crippen LogP contribution in [0, 0.1) is 5.21 Å². The molecule has 15 heavy (non-hydrogen) atoms. The van der Waals surface area contributed by atoms with Crippen LogP contribution in [0.4, 0.5) is 17.1 Å². The monoisotopic (exact) mass is 211 g/mol. The molecule has 1 aromatic rings. The first-order chi connectivity index (χ1) is 7.06. The first-order valence-corrected chi connectivity index (χ1v) is 4.39. The number of anilines is 2. The summed E-state index contributed by atoms with van der Waals surface area (Å²) in [5, 5.41) is 31.7. The molecule has 0 bridgehead atoms. The van der Waals surface area contributed by atoms with E-state index in [4.69, 9.17) is 10.4 Å². The van der Waals surface area contributed by atoms with Crippen LogP contribution in [0.5, 0.6) is 0 Å². The number of nitrogens with one attached hydrogen (secondary N) is 1. The van der Waals surface area contributed by atoms with E-state index < -0.39 is 0 Å². The van der Waals surface area contributed by atoms with Crippen molar-refractivity contribution >= 4 is 23.8 Å². The average molecular weight is 211 g/mol. The van der Waals surface area contributed by atoms with Gasteiger partial charge in [-0.25, -0.2) is 0 Å². The van der Waals surface area contributed by atoms with E-state index in [1.807, 2.05) is 6.92 Å². The molecular weight excluding hydrogens is 198 g/mol. The van der Waals surface area contributed by atoms with Crippen LogP contribution in [0.15, 0.2) is 18.2 Å². The maximum Gasteiger partial charge on any atom is 0.218 e. The van der Waals surface area contributed by atoms with Crippen molar-refractivity contribution in [2.24, 2.45) is 0 Å². The zero-order valence-electron chi connectivity index (χ0n) is 8.34. The van der Waals surface area contributed by atoms with Crippen LogP contribution in [0.25, 0.3) is 0 Å². The van der Waals surface area contributed by atoms with Gasteiger partial charge in [0.1, 0.15) is 12.4 Å². The molecule has 6 heteroatoms. The zero-order valence-corrected chi connectivity index (χ0v) is 8.34. The fourth-order valence-electron chi connectivity index (χ4n) is 1.18. The Bertz CT molecular complexity index is 366. The standard InChI is InChI=1S/C9H13N3O3/c1-3-10-8-5-4-7(11(2)13)6-9(8)12(14)15/h4-6,10,14-15H,2-3H2,1H3. The maximum atomic E-state index is 10.9. The van der Waals surface area contributed by atoms with Crippen LogP contribution in [-0.2, 0) is 0 Å². The van der Waals surface area contributed by atoms with E-state index in [0.717, 1.165) is 0 Å². The molecule has 0 atom stereocenters. The van der Waals surface area contributed by atoms with E-state index in [1.165, 1.54) is 12.1 Å². The summed E-state index contributed by atoms with van der Waals surface area (Å²) in [6.07, 6.45) is 0. The normalized spacial score (nSPS) is 9.80. The van der Waals surface area contributed by atoms with Crippen LogP contribution in [0.3, 0.4) is 0 Å². The molecule has 0 aliphatic rings. The lowest BCUT2D eigenvalue weighted by Crippen LogP contribution is -2.14. The average Bonchev–Trinajstić information content (AvgIpc) is 2.18. The topological polar surface area (TPSA) is 81.8 Å². The highest BCUT2D eigenvalue weighted by Crippen LogP contribution is 2.28. The Balaban J connectivity index is 3.14. The van der Waals surface area contributed by atoms with Gasteiger partial charge in [-0.1, -0.05) is 0 Å². The predicted molar refractivity (Wildman–Crippen MR) is 57.1 cm³/mol. The summed E-state index contributed by atoms with van der Waals surface area (Å²) in [5.41, 5.74) is 0.853. The molecule has 1 rings (SSSR count). The van der Waals surface area contributed by atoms with Crippen molar-refractivity contribution in [3.05, 3.63) is 23.4 Å². The zero-order chi connectivity index (χ0) is 11.4. The number of hydrogen-bond acceptors (Lipinski definition) is 5. The number of benzene rings is 1. The second-order valence-electron chi connectivity index (χ2n) is 2.90. The summed E-state index contributed by atoms with van der Waals surface area (Å²) < 4.78 is 0.392. The summed E-state index contributed by atoms with van der Waals surface area (Å²) in [6, 6.07) is 4.42. The van der Waals surface area contributed by atoms with Crippen molar-refractivity contribution in [1.29, 1.82) is 0 Å². The van der Waals surface area contributed by atoms with Crippen LogP contribution in [0.1, 0.15) is 6.92 Å². The summed E-state index contributed by atoms with van der Waals surface area (Å²) >= 11 is 0. The molecule has 0 fully saturated rings. The Hall–Kier alpha value is -1.79. The van der Waals surface area contributed by atoms with Crippen LogP contribution < -0.4 is 10.5 Å². The molecule has 0 unspecified atom stereocenters. The predicted octanol–water partition coefficient (Wildman–Crippen LogP) is 1.55. The Morgan fingerprint density at radius 1 is 1.53 bits per heavy atom. The fourth-order valence-corrected chi connectivity index (χ4v) is 1.18. The third-order valence-electron chi connectivity index (χ3n) is 1.85. The second-order valence-corrected chi connectivity index (χ2v) is 2.90. The van der Waals surface area contributed by atoms with Crippen molar-refractivity contribution in [1.82, 2.24) is 0 Å². The van der Waals surface area contributed by atoms with Gasteiger partial charge in [-0.2, -0.15) is 4.74 Å². The van der Waals surface area contributed by atoms with Gasteiger partial charge < -0.3 is 10.5 Å². The molecule has 0 saturated carbocycles. The lowest BCUT2D eigenvalue weighted by atomic mass is 10.2. The van der Waals surface area contributed by atoms with Crippen LogP contribution in [0.2, 0.25) is 0 Å². The second kappa shape index (κ2) is 4.63. The molecule has 0 heterocycles. The number of nitrogens with zero attached hydrogens (tertiary/aromatic N) is 2. The Kier molecular flexibility index (Phi) is 3.48. The van der Waals surface area contributed by atoms with Gasteiger partial charge >= 0.3 is 0 Å². The first-order valence-electron chi connectivity index (χ1n) is 4.39. The molecule has 82 valence electrons. The van der Waals surface area contributed by atoms with E-state index >= 15 is 0 Å². The van der Waals surface area contributed by atoms with E-state index in [0.29, 0.717) is 17.0 Å². The molecule has 6 nitrogen and oxygen atoms in total. The Morgan fingerprint density at radius 2 is 2.20 bits per heavy atom. The molecule has 0 aliphatic carbocycles. The van der Waals surface area contributed by atoms with Gasteiger partial charge in [0.25, 0.3) is 0 Å². The third kappa shape index (κ3) is 2.58. The van der Waals surface area contributed by atoms with Gasteiger partial charge in [-0.15, -0.1) is 5.23 Å². The summed E-state index contributed by atoms with van der Waals surface area (Å²) in [4.78, 5) is 0. The third-order valence-corrected chi connectivity index (χ3v) is 1.85. The molecular formula is C9H13N3O3. The van der Waals surface area contributed by atoms with Gasteiger partial charge in [0, 0.05) is 18.7 Å². The Morgan fingerprint density at radius 3 is 2.67 bits per heavy atom. The molecule has 0 aliphatic heterocycles. The molecule has 0 saturated heterocycles. The molecule has 0 aromatic heterocycles. The highest BCUT2D eigenvalue weighted by molar-refractivity contribution is 5.71. The molecule has 0 amide bonds.